The molecule has 0 unspecified atom stereocenters. The molecule has 4 rings (SSSR count). The maximum atomic E-state index is 11.0. The summed E-state index contributed by atoms with van der Waals surface area (Å²) in [6.45, 7) is 0. The summed E-state index contributed by atoms with van der Waals surface area (Å²) in [5, 5.41) is 17.8. The van der Waals surface area contributed by atoms with E-state index in [1.165, 1.54) is 0 Å². The van der Waals surface area contributed by atoms with Gasteiger partial charge in [-0.05, 0) is 47.5 Å². The number of nitrogens with zero attached hydrogens (tertiary/aromatic N) is 3. The molecule has 0 fully saturated rings. The van der Waals surface area contributed by atoms with Gasteiger partial charge in [-0.25, -0.2) is 0 Å². The summed E-state index contributed by atoms with van der Waals surface area (Å²) in [5.41, 5.74) is 4.06. The van der Waals surface area contributed by atoms with Crippen LogP contribution in [0.5, 0.6) is 5.75 Å². The normalized spacial score (nSPS) is 16.0. The van der Waals surface area contributed by atoms with E-state index in [0.717, 1.165) is 28.3 Å². The van der Waals surface area contributed by atoms with Gasteiger partial charge in [-0.15, -0.1) is 0 Å². The van der Waals surface area contributed by atoms with Crippen molar-refractivity contribution >= 4 is 17.1 Å². The summed E-state index contributed by atoms with van der Waals surface area (Å²) in [7, 11) is 1.64. The molecule has 0 bridgehead atoms. The monoisotopic (exact) mass is 373 g/mol. The smallest absolute Gasteiger partial charge is 0.269 e. The lowest BCUT2D eigenvalue weighted by Gasteiger charge is -2.23. The summed E-state index contributed by atoms with van der Waals surface area (Å²) in [5.74, 6) is 0.800. The minimum Gasteiger partial charge on any atom is -0.497 e. The minimum absolute atomic E-state index is 0.0275. The molecule has 0 aliphatic carbocycles. The number of ether oxygens (including phenoxy) is 1. The highest BCUT2D eigenvalue weighted by Crippen LogP contribution is 2.37. The quantitative estimate of drug-likeness (QED) is 0.468. The third-order valence-electron chi connectivity index (χ3n) is 4.84. The average molecular weight is 373 g/mol. The van der Waals surface area contributed by atoms with E-state index in [1.807, 2.05) is 71.7 Å². The molecule has 6 heteroatoms. The number of hydrogen-bond acceptors (Lipinski definition) is 5. The van der Waals surface area contributed by atoms with E-state index in [-0.39, 0.29) is 16.7 Å². The van der Waals surface area contributed by atoms with Gasteiger partial charge in [-0.1, -0.05) is 30.3 Å². The zero-order chi connectivity index (χ0) is 19.5. The van der Waals surface area contributed by atoms with Crippen LogP contribution in [0.1, 0.15) is 23.6 Å². The van der Waals surface area contributed by atoms with Gasteiger partial charge in [-0.2, -0.15) is 5.10 Å². The number of non-ortho nitro benzene ring substituents is 1. The molecule has 6 nitrogen and oxygen atoms in total. The molecule has 140 valence electrons. The predicted octanol–water partition coefficient (Wildman–Crippen LogP) is 4.96. The molecular weight excluding hydrogens is 354 g/mol. The first-order valence-electron chi connectivity index (χ1n) is 8.96. The molecule has 1 aliphatic heterocycles. The van der Waals surface area contributed by atoms with Crippen molar-refractivity contribution < 1.29 is 9.66 Å². The van der Waals surface area contributed by atoms with Crippen LogP contribution in [0.25, 0.3) is 0 Å². The Morgan fingerprint density at radius 2 is 1.68 bits per heavy atom. The van der Waals surface area contributed by atoms with Gasteiger partial charge >= 0.3 is 0 Å². The highest BCUT2D eigenvalue weighted by Gasteiger charge is 2.30. The summed E-state index contributed by atoms with van der Waals surface area (Å²) in [4.78, 5) is 10.6. The van der Waals surface area contributed by atoms with Crippen molar-refractivity contribution in [1.82, 2.24) is 0 Å². The highest BCUT2D eigenvalue weighted by atomic mass is 16.6. The first-order valence-corrected chi connectivity index (χ1v) is 8.96. The van der Waals surface area contributed by atoms with Crippen LogP contribution in [0.2, 0.25) is 0 Å². The predicted molar refractivity (Wildman–Crippen MR) is 109 cm³/mol. The molecule has 28 heavy (non-hydrogen) atoms. The van der Waals surface area contributed by atoms with E-state index in [1.54, 1.807) is 19.2 Å². The second kappa shape index (κ2) is 7.52. The van der Waals surface area contributed by atoms with Gasteiger partial charge in [0.05, 0.1) is 29.5 Å². The molecule has 0 radical (unpaired) electrons. The summed E-state index contributed by atoms with van der Waals surface area (Å²) in [6, 6.07) is 24.5. The number of methoxy groups -OCH3 is 1. The van der Waals surface area contributed by atoms with Gasteiger partial charge in [0.15, 0.2) is 0 Å². The topological polar surface area (TPSA) is 68.0 Å². The number of rotatable bonds is 5. The van der Waals surface area contributed by atoms with Gasteiger partial charge in [0.25, 0.3) is 5.69 Å². The SMILES string of the molecule is COc1ccc(C2=NN(c3ccccc3)[C@@H](c3ccc([N+](=O)[O-])cc3)C2)cc1. The summed E-state index contributed by atoms with van der Waals surface area (Å²) >= 11 is 0. The zero-order valence-electron chi connectivity index (χ0n) is 15.4. The maximum Gasteiger partial charge on any atom is 0.269 e. The molecule has 0 saturated heterocycles. The third kappa shape index (κ3) is 3.44. The molecular formula is C22H19N3O3. The van der Waals surface area contributed by atoms with Crippen LogP contribution in [0.4, 0.5) is 11.4 Å². The summed E-state index contributed by atoms with van der Waals surface area (Å²) < 4.78 is 5.24. The van der Waals surface area contributed by atoms with E-state index in [2.05, 4.69) is 0 Å². The molecule has 3 aromatic carbocycles. The van der Waals surface area contributed by atoms with Crippen LogP contribution in [-0.2, 0) is 0 Å². The number of hydrazone groups is 1. The van der Waals surface area contributed by atoms with E-state index in [9.17, 15) is 10.1 Å². The van der Waals surface area contributed by atoms with E-state index < -0.39 is 0 Å². The fourth-order valence-corrected chi connectivity index (χ4v) is 3.36. The Bertz CT molecular complexity index is 999. The first kappa shape index (κ1) is 17.7. The number of benzene rings is 3. The number of anilines is 1. The molecule has 1 heterocycles. The molecule has 0 spiro atoms. The van der Waals surface area contributed by atoms with Crippen LogP contribution < -0.4 is 9.75 Å². The Balaban J connectivity index is 1.70. The van der Waals surface area contributed by atoms with Gasteiger partial charge in [0.1, 0.15) is 5.75 Å². The lowest BCUT2D eigenvalue weighted by atomic mass is 9.98. The minimum atomic E-state index is -0.382. The van der Waals surface area contributed by atoms with Crippen LogP contribution in [0, 0.1) is 10.1 Å². The van der Waals surface area contributed by atoms with Gasteiger partial charge in [-0.3, -0.25) is 15.1 Å². The first-order chi connectivity index (χ1) is 13.7. The van der Waals surface area contributed by atoms with Crippen molar-refractivity contribution in [3.05, 3.63) is 100 Å². The van der Waals surface area contributed by atoms with E-state index >= 15 is 0 Å². The van der Waals surface area contributed by atoms with Crippen molar-refractivity contribution in [2.75, 3.05) is 12.1 Å². The molecule has 1 atom stereocenters. The highest BCUT2D eigenvalue weighted by molar-refractivity contribution is 6.03. The Morgan fingerprint density at radius 1 is 1.00 bits per heavy atom. The molecule has 0 amide bonds. The summed E-state index contributed by atoms with van der Waals surface area (Å²) in [6.07, 6.45) is 0.707. The second-order valence-corrected chi connectivity index (χ2v) is 6.52. The Labute approximate surface area is 162 Å². The Kier molecular flexibility index (Phi) is 4.76. The molecule has 0 N–H and O–H groups in total. The Morgan fingerprint density at radius 3 is 2.29 bits per heavy atom. The van der Waals surface area contributed by atoms with Crippen molar-refractivity contribution in [1.29, 1.82) is 0 Å². The zero-order valence-corrected chi connectivity index (χ0v) is 15.4. The average Bonchev–Trinajstić information content (AvgIpc) is 3.20. The standard InChI is InChI=1S/C22H19N3O3/c1-28-20-13-9-16(10-14-20)21-15-22(17-7-11-19(12-8-17)25(26)27)24(23-21)18-5-3-2-4-6-18/h2-14,22H,15H2,1H3/t22-/m1/s1. The van der Waals surface area contributed by atoms with Crippen molar-refractivity contribution in [3.8, 4) is 5.75 Å². The second-order valence-electron chi connectivity index (χ2n) is 6.52. The van der Waals surface area contributed by atoms with Crippen molar-refractivity contribution in [2.24, 2.45) is 5.10 Å². The fourth-order valence-electron chi connectivity index (χ4n) is 3.36. The molecule has 0 aromatic heterocycles. The molecule has 3 aromatic rings. The largest absolute Gasteiger partial charge is 0.497 e. The number of nitro groups is 1. The number of nitro benzene ring substituents is 1. The van der Waals surface area contributed by atoms with E-state index in [4.69, 9.17) is 9.84 Å². The molecule has 1 aliphatic rings. The number of para-hydroxylation sites is 1. The third-order valence-corrected chi connectivity index (χ3v) is 4.84. The van der Waals surface area contributed by atoms with E-state index in [0.29, 0.717) is 6.42 Å². The van der Waals surface area contributed by atoms with Crippen LogP contribution in [-0.4, -0.2) is 17.7 Å². The van der Waals surface area contributed by atoms with Gasteiger partial charge in [0.2, 0.25) is 0 Å². The van der Waals surface area contributed by atoms with Crippen LogP contribution in [0.15, 0.2) is 84.0 Å². The van der Waals surface area contributed by atoms with Gasteiger partial charge < -0.3 is 4.74 Å². The number of hydrogen-bond donors (Lipinski definition) is 0. The molecule has 0 saturated carbocycles. The Hall–Kier alpha value is -3.67. The maximum absolute atomic E-state index is 11.0. The van der Waals surface area contributed by atoms with Gasteiger partial charge in [0, 0.05) is 18.6 Å². The fraction of sp³-hybridized carbons (Fsp3) is 0.136. The van der Waals surface area contributed by atoms with Crippen molar-refractivity contribution in [2.45, 2.75) is 12.5 Å². The lowest BCUT2D eigenvalue weighted by molar-refractivity contribution is -0.384. The lowest BCUT2D eigenvalue weighted by Crippen LogP contribution is -2.18. The van der Waals surface area contributed by atoms with Crippen molar-refractivity contribution in [3.63, 3.8) is 0 Å². The van der Waals surface area contributed by atoms with Crippen LogP contribution in [0.3, 0.4) is 0 Å². The van der Waals surface area contributed by atoms with Crippen LogP contribution >= 0.6 is 0 Å².